The van der Waals surface area contributed by atoms with E-state index in [0.29, 0.717) is 12.1 Å². The molecule has 0 bridgehead atoms. The Morgan fingerprint density at radius 2 is 2.31 bits per heavy atom. The summed E-state index contributed by atoms with van der Waals surface area (Å²) in [4.78, 5) is 13.1. The van der Waals surface area contributed by atoms with Crippen LogP contribution in [0.4, 0.5) is 5.69 Å². The molecule has 0 amide bonds. The Labute approximate surface area is 104 Å². The number of rotatable bonds is 5. The third-order valence-corrected chi connectivity index (χ3v) is 2.75. The summed E-state index contributed by atoms with van der Waals surface area (Å²) in [6.07, 6.45) is 1.76. The zero-order valence-corrected chi connectivity index (χ0v) is 10.7. The molecule has 3 nitrogen and oxygen atoms in total. The van der Waals surface area contributed by atoms with Crippen LogP contribution in [0.2, 0.25) is 0 Å². The number of hydrogen-bond acceptors (Lipinski definition) is 2. The minimum Gasteiger partial charge on any atom is -0.478 e. The summed E-state index contributed by atoms with van der Waals surface area (Å²) in [5.41, 5.74) is 1.02. The van der Waals surface area contributed by atoms with Gasteiger partial charge in [-0.25, -0.2) is 4.79 Å². The van der Waals surface area contributed by atoms with Crippen LogP contribution < -0.4 is 4.90 Å². The van der Waals surface area contributed by atoms with Crippen molar-refractivity contribution in [3.63, 3.8) is 0 Å². The maximum absolute atomic E-state index is 11.1. The number of benzene rings is 1. The van der Waals surface area contributed by atoms with Crippen molar-refractivity contribution in [3.8, 4) is 0 Å². The van der Waals surface area contributed by atoms with Gasteiger partial charge in [-0.15, -0.1) is 6.58 Å². The Balaban J connectivity index is 3.19. The molecule has 16 heavy (non-hydrogen) atoms. The summed E-state index contributed by atoms with van der Waals surface area (Å²) in [7, 11) is 0. The largest absolute Gasteiger partial charge is 0.478 e. The minimum absolute atomic E-state index is 0.304. The molecule has 0 atom stereocenters. The second-order valence-electron chi connectivity index (χ2n) is 3.29. The molecule has 1 aromatic carbocycles. The quantitative estimate of drug-likeness (QED) is 0.844. The number of carboxylic acid groups (broad SMARTS) is 1. The number of carbonyl (C=O) groups is 1. The first-order valence-corrected chi connectivity index (χ1v) is 5.78. The lowest BCUT2D eigenvalue weighted by molar-refractivity contribution is 0.0697. The van der Waals surface area contributed by atoms with E-state index >= 15 is 0 Å². The molecule has 4 heteroatoms. The number of hydrogen-bond donors (Lipinski definition) is 1. The van der Waals surface area contributed by atoms with Gasteiger partial charge in [0.05, 0.1) is 11.3 Å². The van der Waals surface area contributed by atoms with Gasteiger partial charge in [0.15, 0.2) is 0 Å². The van der Waals surface area contributed by atoms with Gasteiger partial charge in [0.25, 0.3) is 0 Å². The van der Waals surface area contributed by atoms with Gasteiger partial charge in [-0.1, -0.05) is 22.0 Å². The minimum atomic E-state index is -0.918. The van der Waals surface area contributed by atoms with Crippen molar-refractivity contribution >= 4 is 27.6 Å². The third-order valence-electron chi connectivity index (χ3n) is 2.26. The van der Waals surface area contributed by atoms with Gasteiger partial charge < -0.3 is 10.0 Å². The molecule has 0 saturated carbocycles. The van der Waals surface area contributed by atoms with E-state index < -0.39 is 5.97 Å². The first kappa shape index (κ1) is 12.8. The average Bonchev–Trinajstić information content (AvgIpc) is 2.26. The Bertz CT molecular complexity index is 404. The molecule has 0 spiro atoms. The highest BCUT2D eigenvalue weighted by Gasteiger charge is 2.14. The van der Waals surface area contributed by atoms with Crippen molar-refractivity contribution in [1.82, 2.24) is 0 Å². The van der Waals surface area contributed by atoms with Gasteiger partial charge in [-0.2, -0.15) is 0 Å². The number of halogens is 1. The molecule has 0 saturated heterocycles. The molecule has 1 rings (SSSR count). The van der Waals surface area contributed by atoms with E-state index in [9.17, 15) is 4.79 Å². The number of carboxylic acids is 1. The maximum atomic E-state index is 11.1. The smallest absolute Gasteiger partial charge is 0.337 e. The molecule has 0 radical (unpaired) electrons. The van der Waals surface area contributed by atoms with Gasteiger partial charge in [0.1, 0.15) is 0 Å². The normalized spacial score (nSPS) is 9.88. The summed E-state index contributed by atoms with van der Waals surface area (Å²) < 4.78 is 0.767. The molecule has 1 N–H and O–H groups in total. The van der Waals surface area contributed by atoms with Crippen molar-refractivity contribution in [2.24, 2.45) is 0 Å². The van der Waals surface area contributed by atoms with Crippen LogP contribution in [0.1, 0.15) is 17.3 Å². The van der Waals surface area contributed by atoms with Crippen LogP contribution in [0.25, 0.3) is 0 Å². The molecular formula is C12H14BrNO2. The van der Waals surface area contributed by atoms with Gasteiger partial charge >= 0.3 is 5.97 Å². The Hall–Kier alpha value is -1.29. The fraction of sp³-hybridized carbons (Fsp3) is 0.250. The van der Waals surface area contributed by atoms with Crippen LogP contribution in [0.5, 0.6) is 0 Å². The lowest BCUT2D eigenvalue weighted by Crippen LogP contribution is -2.24. The van der Waals surface area contributed by atoms with Gasteiger partial charge in [-0.3, -0.25) is 0 Å². The first-order valence-electron chi connectivity index (χ1n) is 4.98. The first-order chi connectivity index (χ1) is 7.60. The van der Waals surface area contributed by atoms with Gasteiger partial charge in [0.2, 0.25) is 0 Å². The summed E-state index contributed by atoms with van der Waals surface area (Å²) >= 11 is 3.27. The highest BCUT2D eigenvalue weighted by Crippen LogP contribution is 2.24. The highest BCUT2D eigenvalue weighted by atomic mass is 79.9. The van der Waals surface area contributed by atoms with E-state index in [0.717, 1.165) is 16.7 Å². The van der Waals surface area contributed by atoms with Crippen molar-refractivity contribution in [2.75, 3.05) is 18.0 Å². The van der Waals surface area contributed by atoms with E-state index in [1.807, 2.05) is 17.9 Å². The van der Waals surface area contributed by atoms with Crippen LogP contribution in [-0.4, -0.2) is 24.2 Å². The number of aromatic carboxylic acids is 1. The standard InChI is InChI=1S/C12H14BrNO2/c1-3-7-14(4-2)11-6-5-9(13)8-10(11)12(15)16/h3,5-6,8H,1,4,7H2,2H3,(H,15,16). The average molecular weight is 284 g/mol. The second kappa shape index (κ2) is 5.70. The van der Waals surface area contributed by atoms with Crippen molar-refractivity contribution in [3.05, 3.63) is 40.9 Å². The zero-order chi connectivity index (χ0) is 12.1. The summed E-state index contributed by atoms with van der Waals surface area (Å²) in [6, 6.07) is 5.26. The predicted octanol–water partition coefficient (Wildman–Crippen LogP) is 3.16. The molecular weight excluding hydrogens is 270 g/mol. The molecule has 0 unspecified atom stereocenters. The monoisotopic (exact) mass is 283 g/mol. The second-order valence-corrected chi connectivity index (χ2v) is 4.21. The molecule has 0 aliphatic carbocycles. The predicted molar refractivity (Wildman–Crippen MR) is 69.2 cm³/mol. The SMILES string of the molecule is C=CCN(CC)c1ccc(Br)cc1C(=O)O. The Kier molecular flexibility index (Phi) is 4.55. The fourth-order valence-electron chi connectivity index (χ4n) is 1.51. The highest BCUT2D eigenvalue weighted by molar-refractivity contribution is 9.10. The summed E-state index contributed by atoms with van der Waals surface area (Å²) in [5, 5.41) is 9.13. The van der Waals surface area contributed by atoms with Gasteiger partial charge in [0, 0.05) is 17.6 Å². The summed E-state index contributed by atoms with van der Waals surface area (Å²) in [6.45, 7) is 7.03. The number of nitrogens with zero attached hydrogens (tertiary/aromatic N) is 1. The summed E-state index contributed by atoms with van der Waals surface area (Å²) in [5.74, 6) is -0.918. The topological polar surface area (TPSA) is 40.5 Å². The lowest BCUT2D eigenvalue weighted by Gasteiger charge is -2.23. The third kappa shape index (κ3) is 2.85. The van der Waals surface area contributed by atoms with Crippen LogP contribution in [0, 0.1) is 0 Å². The van der Waals surface area contributed by atoms with Crippen LogP contribution in [0.15, 0.2) is 35.3 Å². The van der Waals surface area contributed by atoms with Crippen molar-refractivity contribution < 1.29 is 9.90 Å². The molecule has 0 aliphatic heterocycles. The lowest BCUT2D eigenvalue weighted by atomic mass is 10.1. The number of anilines is 1. The molecule has 0 aromatic heterocycles. The van der Waals surface area contributed by atoms with Crippen LogP contribution in [-0.2, 0) is 0 Å². The van der Waals surface area contributed by atoms with Crippen molar-refractivity contribution in [1.29, 1.82) is 0 Å². The van der Waals surface area contributed by atoms with E-state index in [-0.39, 0.29) is 0 Å². The number of likely N-dealkylation sites (N-methyl/N-ethyl adjacent to an activating group) is 1. The van der Waals surface area contributed by atoms with Gasteiger partial charge in [-0.05, 0) is 25.1 Å². The molecule has 0 fully saturated rings. The zero-order valence-electron chi connectivity index (χ0n) is 9.11. The molecule has 1 aromatic rings. The Morgan fingerprint density at radius 1 is 1.62 bits per heavy atom. The fourth-order valence-corrected chi connectivity index (χ4v) is 1.87. The maximum Gasteiger partial charge on any atom is 0.337 e. The Morgan fingerprint density at radius 3 is 2.81 bits per heavy atom. The van der Waals surface area contributed by atoms with E-state index in [1.165, 1.54) is 0 Å². The van der Waals surface area contributed by atoms with Crippen LogP contribution in [0.3, 0.4) is 0 Å². The molecule has 86 valence electrons. The van der Waals surface area contributed by atoms with Crippen molar-refractivity contribution in [2.45, 2.75) is 6.92 Å². The van der Waals surface area contributed by atoms with E-state index in [2.05, 4.69) is 22.5 Å². The van der Waals surface area contributed by atoms with Crippen LogP contribution >= 0.6 is 15.9 Å². The van der Waals surface area contributed by atoms with E-state index in [1.54, 1.807) is 18.2 Å². The molecule has 0 aliphatic rings. The molecule has 0 heterocycles. The van der Waals surface area contributed by atoms with E-state index in [4.69, 9.17) is 5.11 Å².